The molecule has 1 unspecified atom stereocenters. The smallest absolute Gasteiger partial charge is 0.406 e. The molecule has 1 aliphatic carbocycles. The minimum absolute atomic E-state index is 0.207. The SMILES string of the molecule is O=S(=O)(NC1CCC[C@@H](N2c3ccccc3CCc3ccccc32)[C@@H]1O)c1ccc(OC(F)(F)F)cc1. The van der Waals surface area contributed by atoms with Crippen LogP contribution in [0, 0.1) is 0 Å². The van der Waals surface area contributed by atoms with E-state index in [1.165, 1.54) is 0 Å². The van der Waals surface area contributed by atoms with Crippen molar-refractivity contribution in [2.75, 3.05) is 4.90 Å². The summed E-state index contributed by atoms with van der Waals surface area (Å²) in [6, 6.07) is 19.0. The van der Waals surface area contributed by atoms with Crippen molar-refractivity contribution in [3.63, 3.8) is 0 Å². The molecule has 1 heterocycles. The number of nitrogens with one attached hydrogen (secondary N) is 1. The van der Waals surface area contributed by atoms with Crippen LogP contribution in [0.1, 0.15) is 30.4 Å². The van der Waals surface area contributed by atoms with E-state index >= 15 is 0 Å². The largest absolute Gasteiger partial charge is 0.573 e. The average molecular weight is 533 g/mol. The number of para-hydroxylation sites is 2. The van der Waals surface area contributed by atoms with Gasteiger partial charge in [0.15, 0.2) is 0 Å². The van der Waals surface area contributed by atoms with Crippen molar-refractivity contribution in [2.45, 2.75) is 61.5 Å². The molecule has 1 fully saturated rings. The monoisotopic (exact) mass is 532 g/mol. The van der Waals surface area contributed by atoms with Gasteiger partial charge in [-0.15, -0.1) is 13.2 Å². The first-order valence-corrected chi connectivity index (χ1v) is 13.6. The molecule has 2 N–H and O–H groups in total. The lowest BCUT2D eigenvalue weighted by Gasteiger charge is -2.43. The molecule has 5 rings (SSSR count). The lowest BCUT2D eigenvalue weighted by Crippen LogP contribution is -2.55. The fourth-order valence-corrected chi connectivity index (χ4v) is 6.61. The standard InChI is InChI=1S/C27H27F3N2O4S/c28-27(29,30)36-20-14-16-21(17-15-20)37(34,35)31-22-8-5-11-25(26(22)33)32-23-9-3-1-6-18(23)12-13-19-7-2-4-10-24(19)32/h1-4,6-7,9-10,14-17,22,25-26,31,33H,5,8,11-13H2/t22?,25-,26-/m1/s1. The van der Waals surface area contributed by atoms with Gasteiger partial charge in [-0.25, -0.2) is 13.1 Å². The van der Waals surface area contributed by atoms with Gasteiger partial charge < -0.3 is 14.7 Å². The Morgan fingerprint density at radius 2 is 1.43 bits per heavy atom. The van der Waals surface area contributed by atoms with E-state index in [-0.39, 0.29) is 10.9 Å². The Kier molecular flexibility index (Phi) is 6.91. The molecule has 2 aliphatic rings. The molecule has 37 heavy (non-hydrogen) atoms. The minimum atomic E-state index is -4.87. The molecule has 0 amide bonds. The predicted molar refractivity (Wildman–Crippen MR) is 133 cm³/mol. The molecule has 3 aromatic rings. The Morgan fingerprint density at radius 1 is 0.865 bits per heavy atom. The molecule has 0 spiro atoms. The third kappa shape index (κ3) is 5.46. The minimum Gasteiger partial charge on any atom is -0.406 e. The van der Waals surface area contributed by atoms with E-state index in [9.17, 15) is 26.7 Å². The van der Waals surface area contributed by atoms with Gasteiger partial charge in [-0.2, -0.15) is 0 Å². The first kappa shape index (κ1) is 25.6. The Labute approximate surface area is 213 Å². The third-order valence-electron chi connectivity index (χ3n) is 6.99. The number of rotatable bonds is 5. The average Bonchev–Trinajstić information content (AvgIpc) is 3.02. The van der Waals surface area contributed by atoms with Gasteiger partial charge >= 0.3 is 6.36 Å². The van der Waals surface area contributed by atoms with Crippen LogP contribution < -0.4 is 14.4 Å². The lowest BCUT2D eigenvalue weighted by atomic mass is 9.86. The summed E-state index contributed by atoms with van der Waals surface area (Å²) < 4.78 is 69.9. The molecule has 10 heteroatoms. The van der Waals surface area contributed by atoms with Crippen LogP contribution in [-0.2, 0) is 22.9 Å². The molecule has 0 saturated heterocycles. The van der Waals surface area contributed by atoms with Crippen molar-refractivity contribution < 1.29 is 31.4 Å². The second-order valence-electron chi connectivity index (χ2n) is 9.36. The van der Waals surface area contributed by atoms with E-state index in [0.29, 0.717) is 19.3 Å². The van der Waals surface area contributed by atoms with Crippen LogP contribution in [0.3, 0.4) is 0 Å². The molecular formula is C27H27F3N2O4S. The normalized spacial score (nSPS) is 22.1. The molecule has 196 valence electrons. The van der Waals surface area contributed by atoms with E-state index in [4.69, 9.17) is 0 Å². The summed E-state index contributed by atoms with van der Waals surface area (Å²) in [4.78, 5) is 1.94. The molecule has 3 aromatic carbocycles. The summed E-state index contributed by atoms with van der Waals surface area (Å²) in [6.07, 6.45) is -2.38. The van der Waals surface area contributed by atoms with Gasteiger partial charge in [0.25, 0.3) is 0 Å². The summed E-state index contributed by atoms with van der Waals surface area (Å²) >= 11 is 0. The number of anilines is 2. The number of hydrogen-bond donors (Lipinski definition) is 2. The van der Waals surface area contributed by atoms with E-state index in [1.807, 2.05) is 36.4 Å². The van der Waals surface area contributed by atoms with Gasteiger partial charge in [-0.1, -0.05) is 36.4 Å². The number of hydrogen-bond acceptors (Lipinski definition) is 5. The van der Waals surface area contributed by atoms with Crippen molar-refractivity contribution in [3.05, 3.63) is 83.9 Å². The molecule has 0 aromatic heterocycles. The summed E-state index contributed by atoms with van der Waals surface area (Å²) in [5, 5.41) is 11.5. The van der Waals surface area contributed by atoms with Crippen molar-refractivity contribution in [3.8, 4) is 5.75 Å². The molecule has 1 saturated carbocycles. The highest BCUT2D eigenvalue weighted by molar-refractivity contribution is 7.89. The Bertz CT molecular complexity index is 1320. The number of nitrogens with zero attached hydrogens (tertiary/aromatic N) is 1. The van der Waals surface area contributed by atoms with Crippen LogP contribution >= 0.6 is 0 Å². The molecule has 1 aliphatic heterocycles. The number of sulfonamides is 1. The van der Waals surface area contributed by atoms with Gasteiger partial charge in [0.2, 0.25) is 10.0 Å². The van der Waals surface area contributed by atoms with Gasteiger partial charge in [0.1, 0.15) is 5.75 Å². The zero-order chi connectivity index (χ0) is 26.2. The number of aliphatic hydroxyl groups is 1. The number of alkyl halides is 3. The van der Waals surface area contributed by atoms with E-state index in [2.05, 4.69) is 26.5 Å². The second kappa shape index (κ2) is 10.00. The first-order chi connectivity index (χ1) is 17.6. The molecule has 6 nitrogen and oxygen atoms in total. The maximum atomic E-state index is 13.1. The van der Waals surface area contributed by atoms with Crippen LogP contribution in [0.4, 0.5) is 24.5 Å². The van der Waals surface area contributed by atoms with Crippen molar-refractivity contribution in [2.24, 2.45) is 0 Å². The first-order valence-electron chi connectivity index (χ1n) is 12.1. The number of ether oxygens (including phenoxy) is 1. The van der Waals surface area contributed by atoms with Crippen molar-refractivity contribution in [1.29, 1.82) is 0 Å². The van der Waals surface area contributed by atoms with E-state index < -0.39 is 34.3 Å². The van der Waals surface area contributed by atoms with Gasteiger partial charge in [0.05, 0.1) is 23.1 Å². The zero-order valence-corrected chi connectivity index (χ0v) is 20.7. The zero-order valence-electron chi connectivity index (χ0n) is 19.9. The highest BCUT2D eigenvalue weighted by atomic mass is 32.2. The van der Waals surface area contributed by atoms with Crippen LogP contribution in [0.2, 0.25) is 0 Å². The highest BCUT2D eigenvalue weighted by Crippen LogP contribution is 2.41. The topological polar surface area (TPSA) is 78.9 Å². The third-order valence-corrected chi connectivity index (χ3v) is 8.50. The van der Waals surface area contributed by atoms with Gasteiger partial charge in [-0.05, 0) is 79.6 Å². The predicted octanol–water partition coefficient (Wildman–Crippen LogP) is 5.08. The van der Waals surface area contributed by atoms with E-state index in [0.717, 1.165) is 59.6 Å². The number of halogens is 3. The quantitative estimate of drug-likeness (QED) is 0.479. The van der Waals surface area contributed by atoms with Gasteiger partial charge in [-0.3, -0.25) is 0 Å². The van der Waals surface area contributed by atoms with Crippen LogP contribution in [0.5, 0.6) is 5.75 Å². The summed E-state index contributed by atoms with van der Waals surface area (Å²) in [6.45, 7) is 0. The lowest BCUT2D eigenvalue weighted by molar-refractivity contribution is -0.274. The van der Waals surface area contributed by atoms with Crippen LogP contribution in [-0.4, -0.2) is 38.1 Å². The highest BCUT2D eigenvalue weighted by Gasteiger charge is 2.40. The molecule has 0 bridgehead atoms. The number of aryl methyl sites for hydroxylation is 2. The molecule has 0 radical (unpaired) electrons. The number of aliphatic hydroxyl groups excluding tert-OH is 1. The summed E-state index contributed by atoms with van der Waals surface area (Å²) in [5.41, 5.74) is 4.32. The fourth-order valence-electron chi connectivity index (χ4n) is 5.33. The summed E-state index contributed by atoms with van der Waals surface area (Å²) in [7, 11) is -4.10. The van der Waals surface area contributed by atoms with Crippen LogP contribution in [0.15, 0.2) is 77.7 Å². The Morgan fingerprint density at radius 3 is 2.00 bits per heavy atom. The molecule has 3 atom stereocenters. The van der Waals surface area contributed by atoms with Crippen molar-refractivity contribution in [1.82, 2.24) is 4.72 Å². The summed E-state index contributed by atoms with van der Waals surface area (Å²) in [5.74, 6) is -0.511. The fraction of sp³-hybridized carbons (Fsp3) is 0.333. The van der Waals surface area contributed by atoms with Crippen LogP contribution in [0.25, 0.3) is 0 Å². The Balaban J connectivity index is 1.41. The maximum Gasteiger partial charge on any atom is 0.573 e. The number of fused-ring (bicyclic) bond motifs is 2. The molecular weight excluding hydrogens is 505 g/mol. The number of benzene rings is 3. The van der Waals surface area contributed by atoms with Gasteiger partial charge in [0, 0.05) is 11.4 Å². The Hall–Kier alpha value is -3.08. The second-order valence-corrected chi connectivity index (χ2v) is 11.1. The van der Waals surface area contributed by atoms with Crippen molar-refractivity contribution >= 4 is 21.4 Å². The van der Waals surface area contributed by atoms with E-state index in [1.54, 1.807) is 0 Å². The maximum absolute atomic E-state index is 13.1.